The van der Waals surface area contributed by atoms with Crippen molar-refractivity contribution < 1.29 is 14.3 Å². The number of benzene rings is 3. The van der Waals surface area contributed by atoms with Gasteiger partial charge in [0.15, 0.2) is 0 Å². The van der Waals surface area contributed by atoms with Gasteiger partial charge in [-0.05, 0) is 67.1 Å². The minimum Gasteiger partial charge on any atom is -0.494 e. The second-order valence-electron chi connectivity index (χ2n) is 6.22. The first-order valence-electron chi connectivity index (χ1n) is 9.16. The van der Waals surface area contributed by atoms with E-state index in [0.29, 0.717) is 29.1 Å². The molecule has 0 saturated carbocycles. The van der Waals surface area contributed by atoms with Crippen molar-refractivity contribution in [3.63, 3.8) is 0 Å². The molecule has 5 heteroatoms. The van der Waals surface area contributed by atoms with E-state index in [1.165, 1.54) is 0 Å². The van der Waals surface area contributed by atoms with E-state index < -0.39 is 0 Å². The number of anilines is 2. The zero-order valence-corrected chi connectivity index (χ0v) is 15.6. The van der Waals surface area contributed by atoms with Crippen molar-refractivity contribution in [2.24, 2.45) is 0 Å². The standard InChI is InChI=1S/C23H22N2O3/c1-2-16-28-21-14-8-18(9-15-21)23(27)25-20-12-10-19(11-13-20)24-22(26)17-6-4-3-5-7-17/h3-15H,2,16H2,1H3,(H,24,26)(H,25,27). The summed E-state index contributed by atoms with van der Waals surface area (Å²) in [5.41, 5.74) is 2.44. The van der Waals surface area contributed by atoms with Crippen LogP contribution in [0.1, 0.15) is 34.1 Å². The van der Waals surface area contributed by atoms with Crippen LogP contribution in [-0.4, -0.2) is 18.4 Å². The van der Waals surface area contributed by atoms with Crippen LogP contribution < -0.4 is 15.4 Å². The summed E-state index contributed by atoms with van der Waals surface area (Å²) in [6.45, 7) is 2.69. The Morgan fingerprint density at radius 3 is 1.71 bits per heavy atom. The number of hydrogen-bond acceptors (Lipinski definition) is 3. The predicted molar refractivity (Wildman–Crippen MR) is 111 cm³/mol. The number of nitrogens with one attached hydrogen (secondary N) is 2. The van der Waals surface area contributed by atoms with Gasteiger partial charge in [0.1, 0.15) is 5.75 Å². The van der Waals surface area contributed by atoms with E-state index in [-0.39, 0.29) is 11.8 Å². The summed E-state index contributed by atoms with van der Waals surface area (Å²) in [5, 5.41) is 5.67. The monoisotopic (exact) mass is 374 g/mol. The molecule has 0 bridgehead atoms. The first-order valence-corrected chi connectivity index (χ1v) is 9.16. The van der Waals surface area contributed by atoms with E-state index in [1.807, 2.05) is 25.1 Å². The average molecular weight is 374 g/mol. The highest BCUT2D eigenvalue weighted by Gasteiger charge is 2.08. The van der Waals surface area contributed by atoms with Crippen molar-refractivity contribution in [3.05, 3.63) is 90.0 Å². The van der Waals surface area contributed by atoms with E-state index in [0.717, 1.165) is 12.2 Å². The Morgan fingerprint density at radius 1 is 0.714 bits per heavy atom. The number of rotatable bonds is 7. The number of amides is 2. The van der Waals surface area contributed by atoms with Gasteiger partial charge in [0.25, 0.3) is 11.8 Å². The van der Waals surface area contributed by atoms with E-state index in [1.54, 1.807) is 60.7 Å². The highest BCUT2D eigenvalue weighted by molar-refractivity contribution is 6.05. The summed E-state index contributed by atoms with van der Waals surface area (Å²) < 4.78 is 5.52. The van der Waals surface area contributed by atoms with Gasteiger partial charge >= 0.3 is 0 Å². The molecule has 0 atom stereocenters. The summed E-state index contributed by atoms with van der Waals surface area (Å²) in [7, 11) is 0. The van der Waals surface area contributed by atoms with E-state index in [2.05, 4.69) is 10.6 Å². The van der Waals surface area contributed by atoms with Gasteiger partial charge in [-0.15, -0.1) is 0 Å². The molecule has 0 heterocycles. The largest absolute Gasteiger partial charge is 0.494 e. The third-order valence-electron chi connectivity index (χ3n) is 4.03. The van der Waals surface area contributed by atoms with Crippen molar-refractivity contribution in [2.75, 3.05) is 17.2 Å². The molecule has 2 N–H and O–H groups in total. The zero-order chi connectivity index (χ0) is 19.8. The minimum atomic E-state index is -0.205. The molecule has 0 fully saturated rings. The van der Waals surface area contributed by atoms with Crippen molar-refractivity contribution in [2.45, 2.75) is 13.3 Å². The van der Waals surface area contributed by atoms with Gasteiger partial charge in [-0.25, -0.2) is 0 Å². The first-order chi connectivity index (χ1) is 13.7. The fraction of sp³-hybridized carbons (Fsp3) is 0.130. The molecule has 0 spiro atoms. The smallest absolute Gasteiger partial charge is 0.255 e. The molecule has 0 aliphatic carbocycles. The number of carbonyl (C=O) groups is 2. The van der Waals surface area contributed by atoms with Gasteiger partial charge in [0.05, 0.1) is 6.61 Å². The van der Waals surface area contributed by atoms with Gasteiger partial charge in [0.2, 0.25) is 0 Å². The zero-order valence-electron chi connectivity index (χ0n) is 15.6. The van der Waals surface area contributed by atoms with Crippen LogP contribution in [0.2, 0.25) is 0 Å². The number of carbonyl (C=O) groups excluding carboxylic acids is 2. The number of hydrogen-bond donors (Lipinski definition) is 2. The molecule has 3 aromatic carbocycles. The van der Waals surface area contributed by atoms with Crippen LogP contribution >= 0.6 is 0 Å². The highest BCUT2D eigenvalue weighted by atomic mass is 16.5. The summed E-state index contributed by atoms with van der Waals surface area (Å²) in [6.07, 6.45) is 0.935. The summed E-state index contributed by atoms with van der Waals surface area (Å²) in [4.78, 5) is 24.5. The van der Waals surface area contributed by atoms with Gasteiger partial charge in [-0.2, -0.15) is 0 Å². The maximum absolute atomic E-state index is 12.4. The maximum atomic E-state index is 12.4. The van der Waals surface area contributed by atoms with Crippen LogP contribution in [0.25, 0.3) is 0 Å². The average Bonchev–Trinajstić information content (AvgIpc) is 2.74. The minimum absolute atomic E-state index is 0.178. The molecule has 0 aromatic heterocycles. The van der Waals surface area contributed by atoms with Crippen LogP contribution in [0.3, 0.4) is 0 Å². The molecule has 142 valence electrons. The lowest BCUT2D eigenvalue weighted by Gasteiger charge is -2.09. The van der Waals surface area contributed by atoms with E-state index >= 15 is 0 Å². The summed E-state index contributed by atoms with van der Waals surface area (Å²) >= 11 is 0. The van der Waals surface area contributed by atoms with Crippen LogP contribution in [0, 0.1) is 0 Å². The van der Waals surface area contributed by atoms with Crippen LogP contribution in [0.5, 0.6) is 5.75 Å². The molecule has 3 rings (SSSR count). The topological polar surface area (TPSA) is 67.4 Å². The fourth-order valence-corrected chi connectivity index (χ4v) is 2.56. The predicted octanol–water partition coefficient (Wildman–Crippen LogP) is 4.98. The number of ether oxygens (including phenoxy) is 1. The van der Waals surface area contributed by atoms with Gasteiger partial charge in [0, 0.05) is 22.5 Å². The lowest BCUT2D eigenvalue weighted by atomic mass is 10.2. The van der Waals surface area contributed by atoms with Gasteiger partial charge in [-0.1, -0.05) is 25.1 Å². The van der Waals surface area contributed by atoms with Crippen LogP contribution in [0.4, 0.5) is 11.4 Å². The molecule has 3 aromatic rings. The van der Waals surface area contributed by atoms with E-state index in [4.69, 9.17) is 4.74 Å². The summed E-state index contributed by atoms with van der Waals surface area (Å²) in [6, 6.07) is 23.0. The molecule has 5 nitrogen and oxygen atoms in total. The molecule has 0 radical (unpaired) electrons. The van der Waals surface area contributed by atoms with Crippen LogP contribution in [0.15, 0.2) is 78.9 Å². The van der Waals surface area contributed by atoms with Gasteiger partial charge in [-0.3, -0.25) is 9.59 Å². The Bertz CT molecular complexity index is 920. The van der Waals surface area contributed by atoms with Crippen molar-refractivity contribution >= 4 is 23.2 Å². The Morgan fingerprint density at radius 2 is 1.21 bits per heavy atom. The second-order valence-corrected chi connectivity index (χ2v) is 6.22. The molecule has 2 amide bonds. The Hall–Kier alpha value is -3.60. The van der Waals surface area contributed by atoms with Crippen molar-refractivity contribution in [1.29, 1.82) is 0 Å². The summed E-state index contributed by atoms with van der Waals surface area (Å²) in [5.74, 6) is 0.364. The molecule has 0 unspecified atom stereocenters. The Kier molecular flexibility index (Phi) is 6.41. The fourth-order valence-electron chi connectivity index (χ4n) is 2.56. The van der Waals surface area contributed by atoms with Crippen LogP contribution in [-0.2, 0) is 0 Å². The third kappa shape index (κ3) is 5.20. The molecule has 0 saturated heterocycles. The maximum Gasteiger partial charge on any atom is 0.255 e. The van der Waals surface area contributed by atoms with Crippen molar-refractivity contribution in [1.82, 2.24) is 0 Å². The SMILES string of the molecule is CCCOc1ccc(C(=O)Nc2ccc(NC(=O)c3ccccc3)cc2)cc1. The quantitative estimate of drug-likeness (QED) is 0.613. The molecule has 0 aliphatic heterocycles. The van der Waals surface area contributed by atoms with Gasteiger partial charge < -0.3 is 15.4 Å². The molecular formula is C23H22N2O3. The Labute approximate surface area is 164 Å². The lowest BCUT2D eigenvalue weighted by Crippen LogP contribution is -2.13. The molecule has 0 aliphatic rings. The normalized spacial score (nSPS) is 10.2. The third-order valence-corrected chi connectivity index (χ3v) is 4.03. The Balaban J connectivity index is 1.57. The lowest BCUT2D eigenvalue weighted by molar-refractivity contribution is 0.101. The molecular weight excluding hydrogens is 352 g/mol. The molecule has 28 heavy (non-hydrogen) atoms. The van der Waals surface area contributed by atoms with Crippen molar-refractivity contribution in [3.8, 4) is 5.75 Å². The highest BCUT2D eigenvalue weighted by Crippen LogP contribution is 2.17. The first kappa shape index (κ1) is 19.2. The van der Waals surface area contributed by atoms with E-state index in [9.17, 15) is 9.59 Å². The second kappa shape index (κ2) is 9.37.